The highest BCUT2D eigenvalue weighted by molar-refractivity contribution is 14.0. The van der Waals surface area contributed by atoms with Gasteiger partial charge in [0.25, 0.3) is 0 Å². The standard InChI is InChI=1S/C22H37N7O.HI/c1-5-27-10-12-28(13-11-27)20-7-6-18(14-24-20)15-25-22(23-4)26-19-8-9-29(16-19)21(30)17(2)3;/h6-7,14,17,19H,5,8-13,15-16H2,1-4H3,(H2,23,25,26);1H. The van der Waals surface area contributed by atoms with Gasteiger partial charge in [-0.1, -0.05) is 26.8 Å². The van der Waals surface area contributed by atoms with Gasteiger partial charge in [-0.2, -0.15) is 0 Å². The summed E-state index contributed by atoms with van der Waals surface area (Å²) >= 11 is 0. The van der Waals surface area contributed by atoms with Gasteiger partial charge in [-0.05, 0) is 24.6 Å². The number of aliphatic imine (C=N–C) groups is 1. The van der Waals surface area contributed by atoms with Crippen LogP contribution in [-0.4, -0.2) is 85.6 Å². The first-order valence-electron chi connectivity index (χ1n) is 11.2. The maximum atomic E-state index is 12.2. The Morgan fingerprint density at radius 1 is 1.23 bits per heavy atom. The largest absolute Gasteiger partial charge is 0.354 e. The zero-order valence-corrected chi connectivity index (χ0v) is 21.6. The molecule has 0 radical (unpaired) electrons. The molecule has 3 heterocycles. The van der Waals surface area contributed by atoms with E-state index < -0.39 is 0 Å². The predicted molar refractivity (Wildman–Crippen MR) is 137 cm³/mol. The Morgan fingerprint density at radius 2 is 1.97 bits per heavy atom. The summed E-state index contributed by atoms with van der Waals surface area (Å²) in [7, 11) is 1.78. The number of carbonyl (C=O) groups is 1. The van der Waals surface area contributed by atoms with E-state index in [1.54, 1.807) is 7.05 Å². The lowest BCUT2D eigenvalue weighted by molar-refractivity contribution is -0.133. The van der Waals surface area contributed by atoms with Crippen molar-refractivity contribution in [3.05, 3.63) is 23.9 Å². The average Bonchev–Trinajstić information content (AvgIpc) is 3.25. The van der Waals surface area contributed by atoms with E-state index in [9.17, 15) is 4.79 Å². The zero-order valence-electron chi connectivity index (χ0n) is 19.3. The number of hydrogen-bond acceptors (Lipinski definition) is 5. The maximum absolute atomic E-state index is 12.2. The number of halogens is 1. The van der Waals surface area contributed by atoms with E-state index in [0.717, 1.165) is 69.6 Å². The number of anilines is 1. The minimum atomic E-state index is 0. The van der Waals surface area contributed by atoms with Crippen molar-refractivity contribution in [1.29, 1.82) is 0 Å². The number of pyridine rings is 1. The quantitative estimate of drug-likeness (QED) is 0.324. The van der Waals surface area contributed by atoms with E-state index in [0.29, 0.717) is 6.54 Å². The number of likely N-dealkylation sites (N-methyl/N-ethyl adjacent to an activating group) is 1. The molecule has 2 N–H and O–H groups in total. The van der Waals surface area contributed by atoms with Gasteiger partial charge >= 0.3 is 0 Å². The maximum Gasteiger partial charge on any atom is 0.225 e. The SMILES string of the molecule is CCN1CCN(c2ccc(CNC(=NC)NC3CCN(C(=O)C(C)C)C3)cn2)CC1.I. The molecule has 0 spiro atoms. The van der Waals surface area contributed by atoms with Gasteiger partial charge in [0.15, 0.2) is 5.96 Å². The summed E-state index contributed by atoms with van der Waals surface area (Å²) in [6.45, 7) is 13.7. The summed E-state index contributed by atoms with van der Waals surface area (Å²) in [5, 5.41) is 6.81. The van der Waals surface area contributed by atoms with Gasteiger partial charge in [0.2, 0.25) is 5.91 Å². The molecular weight excluding hydrogens is 505 g/mol. The molecule has 0 saturated carbocycles. The van der Waals surface area contributed by atoms with Crippen LogP contribution in [0.15, 0.2) is 23.3 Å². The van der Waals surface area contributed by atoms with Crippen LogP contribution in [0.1, 0.15) is 32.8 Å². The molecule has 0 bridgehead atoms. The monoisotopic (exact) mass is 543 g/mol. The normalized spacial score (nSPS) is 20.0. The van der Waals surface area contributed by atoms with Crippen molar-refractivity contribution in [1.82, 2.24) is 25.4 Å². The Kier molecular flexibility index (Phi) is 10.3. The van der Waals surface area contributed by atoms with Crippen molar-refractivity contribution in [3.63, 3.8) is 0 Å². The summed E-state index contributed by atoms with van der Waals surface area (Å²) in [6.07, 6.45) is 2.89. The zero-order chi connectivity index (χ0) is 21.5. The summed E-state index contributed by atoms with van der Waals surface area (Å²) < 4.78 is 0. The Balaban J connectivity index is 0.00000341. The summed E-state index contributed by atoms with van der Waals surface area (Å²) in [4.78, 5) is 27.9. The smallest absolute Gasteiger partial charge is 0.225 e. The molecule has 1 aromatic rings. The summed E-state index contributed by atoms with van der Waals surface area (Å²) in [5.41, 5.74) is 1.12. The van der Waals surface area contributed by atoms with Crippen molar-refractivity contribution in [2.75, 3.05) is 57.8 Å². The Bertz CT molecular complexity index is 717. The number of amides is 1. The van der Waals surface area contributed by atoms with E-state index in [1.807, 2.05) is 24.9 Å². The Morgan fingerprint density at radius 3 is 2.55 bits per heavy atom. The fraction of sp³-hybridized carbons (Fsp3) is 0.682. The van der Waals surface area contributed by atoms with Gasteiger partial charge in [0, 0.05) is 71.0 Å². The van der Waals surface area contributed by atoms with Gasteiger partial charge < -0.3 is 25.3 Å². The third kappa shape index (κ3) is 7.20. The number of piperazine rings is 1. The molecule has 2 fully saturated rings. The third-order valence-corrected chi connectivity index (χ3v) is 5.97. The Labute approximate surface area is 203 Å². The lowest BCUT2D eigenvalue weighted by atomic mass is 10.2. The molecule has 2 saturated heterocycles. The van der Waals surface area contributed by atoms with E-state index in [4.69, 9.17) is 0 Å². The van der Waals surface area contributed by atoms with Crippen LogP contribution >= 0.6 is 24.0 Å². The van der Waals surface area contributed by atoms with Gasteiger partial charge in [0.05, 0.1) is 0 Å². The molecule has 1 amide bonds. The van der Waals surface area contributed by atoms with Gasteiger partial charge in [-0.15, -0.1) is 24.0 Å². The lowest BCUT2D eigenvalue weighted by Crippen LogP contribution is -2.46. The minimum absolute atomic E-state index is 0. The fourth-order valence-corrected chi connectivity index (χ4v) is 4.02. The first-order valence-corrected chi connectivity index (χ1v) is 11.2. The first kappa shape index (κ1) is 25.6. The Hall–Kier alpha value is -1.62. The number of guanidine groups is 1. The number of hydrogen-bond donors (Lipinski definition) is 2. The molecule has 2 aliphatic rings. The van der Waals surface area contributed by atoms with E-state index in [1.165, 1.54) is 0 Å². The highest BCUT2D eigenvalue weighted by atomic mass is 127. The molecule has 1 atom stereocenters. The predicted octanol–water partition coefficient (Wildman–Crippen LogP) is 1.76. The number of aromatic nitrogens is 1. The summed E-state index contributed by atoms with van der Waals surface area (Å²) in [5.74, 6) is 2.09. The van der Waals surface area contributed by atoms with Crippen LogP contribution < -0.4 is 15.5 Å². The molecule has 0 aliphatic carbocycles. The molecule has 3 rings (SSSR count). The fourth-order valence-electron chi connectivity index (χ4n) is 4.02. The van der Waals surface area contributed by atoms with Crippen molar-refractivity contribution in [2.45, 2.75) is 39.8 Å². The van der Waals surface area contributed by atoms with Crippen molar-refractivity contribution in [2.24, 2.45) is 10.9 Å². The molecule has 8 nitrogen and oxygen atoms in total. The van der Waals surface area contributed by atoms with Crippen LogP contribution in [0.4, 0.5) is 5.82 Å². The molecule has 1 aromatic heterocycles. The lowest BCUT2D eigenvalue weighted by Gasteiger charge is -2.34. The number of likely N-dealkylation sites (tertiary alicyclic amines) is 1. The second-order valence-electron chi connectivity index (χ2n) is 8.44. The van der Waals surface area contributed by atoms with Crippen molar-refractivity contribution >= 4 is 41.7 Å². The molecule has 2 aliphatic heterocycles. The highest BCUT2D eigenvalue weighted by Crippen LogP contribution is 2.15. The second-order valence-corrected chi connectivity index (χ2v) is 8.44. The van der Waals surface area contributed by atoms with Crippen LogP contribution in [0.25, 0.3) is 0 Å². The third-order valence-electron chi connectivity index (χ3n) is 5.97. The van der Waals surface area contributed by atoms with Crippen LogP contribution in [0.5, 0.6) is 0 Å². The second kappa shape index (κ2) is 12.4. The van der Waals surface area contributed by atoms with Crippen LogP contribution in [0.2, 0.25) is 0 Å². The molecule has 1 unspecified atom stereocenters. The van der Waals surface area contributed by atoms with Gasteiger partial charge in [0.1, 0.15) is 5.82 Å². The van der Waals surface area contributed by atoms with Gasteiger partial charge in [-0.25, -0.2) is 4.98 Å². The van der Waals surface area contributed by atoms with Gasteiger partial charge in [-0.3, -0.25) is 9.79 Å². The van der Waals surface area contributed by atoms with E-state index >= 15 is 0 Å². The average molecular weight is 543 g/mol. The number of nitrogens with zero attached hydrogens (tertiary/aromatic N) is 5. The number of rotatable bonds is 6. The molecule has 9 heteroatoms. The molecule has 0 aromatic carbocycles. The minimum Gasteiger partial charge on any atom is -0.354 e. The van der Waals surface area contributed by atoms with Crippen molar-refractivity contribution in [3.8, 4) is 0 Å². The van der Waals surface area contributed by atoms with E-state index in [2.05, 4.69) is 49.5 Å². The molecular formula is C22H38IN7O. The summed E-state index contributed by atoms with van der Waals surface area (Å²) in [6, 6.07) is 4.48. The van der Waals surface area contributed by atoms with Crippen LogP contribution in [0, 0.1) is 5.92 Å². The van der Waals surface area contributed by atoms with Crippen molar-refractivity contribution < 1.29 is 4.79 Å². The van der Waals surface area contributed by atoms with E-state index in [-0.39, 0.29) is 41.8 Å². The van der Waals surface area contributed by atoms with Crippen LogP contribution in [0.3, 0.4) is 0 Å². The first-order chi connectivity index (χ1) is 14.5. The molecule has 174 valence electrons. The van der Waals surface area contributed by atoms with Crippen LogP contribution in [-0.2, 0) is 11.3 Å². The number of carbonyl (C=O) groups excluding carboxylic acids is 1. The topological polar surface area (TPSA) is 76.1 Å². The highest BCUT2D eigenvalue weighted by Gasteiger charge is 2.28. The number of nitrogens with one attached hydrogen (secondary N) is 2. The molecule has 31 heavy (non-hydrogen) atoms.